The smallest absolute Gasteiger partial charge is 0.192 e. The first-order valence-electron chi connectivity index (χ1n) is 10.6. The second-order valence-electron chi connectivity index (χ2n) is 7.86. The maximum absolute atomic E-state index is 5.24. The van der Waals surface area contributed by atoms with Crippen molar-refractivity contribution in [3.63, 3.8) is 0 Å². The number of rotatable bonds is 7. The molecule has 1 fully saturated rings. The lowest BCUT2D eigenvalue weighted by Gasteiger charge is -2.29. The second-order valence-corrected chi connectivity index (χ2v) is 7.86. The predicted octanol–water partition coefficient (Wildman–Crippen LogP) is 3.34. The quantitative estimate of drug-likeness (QED) is 0.553. The Hall–Kier alpha value is -2.57. The molecule has 158 valence electrons. The van der Waals surface area contributed by atoms with E-state index >= 15 is 0 Å². The Balaban J connectivity index is 1.65. The molecule has 1 aliphatic rings. The molecule has 0 aliphatic heterocycles. The van der Waals surface area contributed by atoms with Crippen LogP contribution in [0.25, 0.3) is 0 Å². The van der Waals surface area contributed by atoms with Gasteiger partial charge in [0.25, 0.3) is 0 Å². The minimum atomic E-state index is 0.473. The summed E-state index contributed by atoms with van der Waals surface area (Å²) in [5.41, 5.74) is 1.15. The molecule has 7 nitrogen and oxygen atoms in total. The molecule has 1 aromatic carbocycles. The Kier molecular flexibility index (Phi) is 7.49. The minimum Gasteiger partial charge on any atom is -0.497 e. The number of guanidine groups is 1. The van der Waals surface area contributed by atoms with Crippen LogP contribution in [0.15, 0.2) is 29.3 Å². The highest BCUT2D eigenvalue weighted by Crippen LogP contribution is 2.26. The van der Waals surface area contributed by atoms with Gasteiger partial charge in [0.05, 0.1) is 20.2 Å². The van der Waals surface area contributed by atoms with Gasteiger partial charge in [-0.3, -0.25) is 0 Å². The number of aromatic nitrogens is 3. The van der Waals surface area contributed by atoms with Gasteiger partial charge in [-0.05, 0) is 56.2 Å². The van der Waals surface area contributed by atoms with E-state index in [4.69, 9.17) is 9.73 Å². The molecule has 0 saturated heterocycles. The van der Waals surface area contributed by atoms with Crippen LogP contribution in [-0.4, -0.2) is 33.9 Å². The van der Waals surface area contributed by atoms with E-state index in [0.29, 0.717) is 19.1 Å². The maximum Gasteiger partial charge on any atom is 0.192 e. The lowest BCUT2D eigenvalue weighted by atomic mass is 9.84. The van der Waals surface area contributed by atoms with Crippen molar-refractivity contribution in [3.05, 3.63) is 41.5 Å². The van der Waals surface area contributed by atoms with Gasteiger partial charge in [0.2, 0.25) is 0 Å². The fourth-order valence-electron chi connectivity index (χ4n) is 3.73. The average molecular weight is 399 g/mol. The second kappa shape index (κ2) is 10.3. The Morgan fingerprint density at radius 2 is 1.90 bits per heavy atom. The molecule has 0 radical (unpaired) electrons. The van der Waals surface area contributed by atoms with Gasteiger partial charge in [-0.15, -0.1) is 10.2 Å². The van der Waals surface area contributed by atoms with Gasteiger partial charge in [-0.2, -0.15) is 0 Å². The van der Waals surface area contributed by atoms with Gasteiger partial charge in [0.1, 0.15) is 11.6 Å². The molecule has 0 amide bonds. The van der Waals surface area contributed by atoms with Crippen molar-refractivity contribution in [2.45, 2.75) is 65.1 Å². The van der Waals surface area contributed by atoms with Crippen LogP contribution in [0.4, 0.5) is 0 Å². The van der Waals surface area contributed by atoms with Gasteiger partial charge in [0, 0.05) is 13.1 Å². The largest absolute Gasteiger partial charge is 0.497 e. The van der Waals surface area contributed by atoms with Crippen molar-refractivity contribution in [2.75, 3.05) is 7.11 Å². The normalized spacial score (nSPS) is 19.8. The Morgan fingerprint density at radius 3 is 2.48 bits per heavy atom. The van der Waals surface area contributed by atoms with Crippen LogP contribution < -0.4 is 15.4 Å². The van der Waals surface area contributed by atoms with Crippen LogP contribution in [0.1, 0.15) is 56.2 Å². The molecule has 1 aromatic heterocycles. The molecule has 1 heterocycles. The highest BCUT2D eigenvalue weighted by molar-refractivity contribution is 5.80. The van der Waals surface area contributed by atoms with Crippen LogP contribution in [0.5, 0.6) is 5.75 Å². The molecule has 0 bridgehead atoms. The van der Waals surface area contributed by atoms with Crippen LogP contribution in [0.2, 0.25) is 0 Å². The average Bonchev–Trinajstić information content (AvgIpc) is 3.08. The van der Waals surface area contributed by atoms with Crippen LogP contribution in [0, 0.1) is 12.8 Å². The van der Waals surface area contributed by atoms with Crippen molar-refractivity contribution in [2.24, 2.45) is 18.0 Å². The number of nitrogens with one attached hydrogen (secondary N) is 2. The summed E-state index contributed by atoms with van der Waals surface area (Å²) in [4.78, 5) is 4.83. The van der Waals surface area contributed by atoms with Crippen molar-refractivity contribution >= 4 is 5.96 Å². The number of aliphatic imine (C=N–C) groups is 1. The van der Waals surface area contributed by atoms with E-state index in [9.17, 15) is 0 Å². The van der Waals surface area contributed by atoms with E-state index < -0.39 is 0 Å². The molecule has 0 atom stereocenters. The number of nitrogens with zero attached hydrogens (tertiary/aromatic N) is 4. The molecular formula is C22H34N6O. The molecular weight excluding hydrogens is 364 g/mol. The highest BCUT2D eigenvalue weighted by atomic mass is 16.5. The van der Waals surface area contributed by atoms with Gasteiger partial charge in [-0.25, -0.2) is 4.99 Å². The Labute approximate surface area is 174 Å². The minimum absolute atomic E-state index is 0.473. The molecule has 29 heavy (non-hydrogen) atoms. The zero-order chi connectivity index (χ0) is 20.6. The molecule has 7 heteroatoms. The molecule has 3 rings (SSSR count). The Morgan fingerprint density at radius 1 is 1.17 bits per heavy atom. The number of methoxy groups -OCH3 is 1. The molecule has 2 aromatic rings. The summed E-state index contributed by atoms with van der Waals surface area (Å²) in [6.07, 6.45) is 6.27. The standard InChI is InChI=1S/C22H34N6O/c1-5-17-6-10-19(11-7-17)25-22(24-15-21-27-26-16(2)28(21)3)23-14-18-8-12-20(29-4)13-9-18/h8-9,12-13,17,19H,5-7,10-11,14-15H2,1-4H3,(H2,23,24,25). The molecule has 1 saturated carbocycles. The van der Waals surface area contributed by atoms with Gasteiger partial charge in [0.15, 0.2) is 11.8 Å². The Bertz CT molecular complexity index is 790. The first-order chi connectivity index (χ1) is 14.1. The van der Waals surface area contributed by atoms with Crippen LogP contribution in [0.3, 0.4) is 0 Å². The van der Waals surface area contributed by atoms with Gasteiger partial charge in [-0.1, -0.05) is 25.5 Å². The van der Waals surface area contributed by atoms with Crippen molar-refractivity contribution in [1.82, 2.24) is 25.4 Å². The van der Waals surface area contributed by atoms with Crippen LogP contribution >= 0.6 is 0 Å². The van der Waals surface area contributed by atoms with E-state index in [-0.39, 0.29) is 0 Å². The van der Waals surface area contributed by atoms with Crippen molar-refractivity contribution in [1.29, 1.82) is 0 Å². The summed E-state index contributed by atoms with van der Waals surface area (Å²) in [7, 11) is 3.67. The molecule has 0 spiro atoms. The number of aryl methyl sites for hydroxylation is 1. The maximum atomic E-state index is 5.24. The van der Waals surface area contributed by atoms with Crippen molar-refractivity contribution in [3.8, 4) is 5.75 Å². The zero-order valence-electron chi connectivity index (χ0n) is 18.1. The fraction of sp³-hybridized carbons (Fsp3) is 0.591. The lowest BCUT2D eigenvalue weighted by Crippen LogP contribution is -2.45. The van der Waals surface area contributed by atoms with E-state index in [1.54, 1.807) is 7.11 Å². The summed E-state index contributed by atoms with van der Waals surface area (Å²) in [6, 6.07) is 8.53. The lowest BCUT2D eigenvalue weighted by molar-refractivity contribution is 0.304. The first-order valence-corrected chi connectivity index (χ1v) is 10.6. The number of benzene rings is 1. The van der Waals surface area contributed by atoms with Gasteiger partial charge < -0.3 is 19.9 Å². The summed E-state index contributed by atoms with van der Waals surface area (Å²) in [5, 5.41) is 15.5. The molecule has 2 N–H and O–H groups in total. The summed E-state index contributed by atoms with van der Waals surface area (Å²) in [5.74, 6) is 4.38. The third-order valence-electron chi connectivity index (χ3n) is 5.94. The first kappa shape index (κ1) is 21.1. The van der Waals surface area contributed by atoms with E-state index in [2.05, 4.69) is 39.9 Å². The van der Waals surface area contributed by atoms with Crippen LogP contribution in [-0.2, 0) is 20.1 Å². The van der Waals surface area contributed by atoms with E-state index in [1.165, 1.54) is 32.1 Å². The number of hydrogen-bond donors (Lipinski definition) is 2. The summed E-state index contributed by atoms with van der Waals surface area (Å²) < 4.78 is 7.24. The molecule has 0 unspecified atom stereocenters. The fourth-order valence-corrected chi connectivity index (χ4v) is 3.73. The topological polar surface area (TPSA) is 76.4 Å². The zero-order valence-corrected chi connectivity index (χ0v) is 18.1. The predicted molar refractivity (Wildman–Crippen MR) is 116 cm³/mol. The summed E-state index contributed by atoms with van der Waals surface area (Å²) in [6.45, 7) is 5.46. The monoisotopic (exact) mass is 398 g/mol. The number of ether oxygens (including phenoxy) is 1. The summed E-state index contributed by atoms with van der Waals surface area (Å²) >= 11 is 0. The SMILES string of the molecule is CCC1CCC(NC(=NCc2ccc(OC)cc2)NCc2nnc(C)n2C)CC1. The van der Waals surface area contributed by atoms with Crippen molar-refractivity contribution < 1.29 is 4.74 Å². The van der Waals surface area contributed by atoms with Gasteiger partial charge >= 0.3 is 0 Å². The third-order valence-corrected chi connectivity index (χ3v) is 5.94. The third kappa shape index (κ3) is 5.95. The van der Waals surface area contributed by atoms with E-state index in [0.717, 1.165) is 34.8 Å². The highest BCUT2D eigenvalue weighted by Gasteiger charge is 2.20. The van der Waals surface area contributed by atoms with E-state index in [1.807, 2.05) is 30.7 Å². The number of hydrogen-bond acceptors (Lipinski definition) is 4. The molecule has 1 aliphatic carbocycles.